The highest BCUT2D eigenvalue weighted by molar-refractivity contribution is 6.30. The van der Waals surface area contributed by atoms with E-state index in [9.17, 15) is 9.90 Å². The number of benzene rings is 1. The van der Waals surface area contributed by atoms with Gasteiger partial charge in [-0.25, -0.2) is 4.79 Å². The van der Waals surface area contributed by atoms with Crippen LogP contribution < -0.4 is 10.6 Å². The molecule has 3 rings (SSSR count). The van der Waals surface area contributed by atoms with Gasteiger partial charge in [0.25, 0.3) is 0 Å². The molecule has 1 aromatic carbocycles. The van der Waals surface area contributed by atoms with Gasteiger partial charge in [-0.1, -0.05) is 23.7 Å². The third-order valence-corrected chi connectivity index (χ3v) is 4.44. The maximum atomic E-state index is 11.9. The summed E-state index contributed by atoms with van der Waals surface area (Å²) in [6, 6.07) is 10.8. The molecule has 1 fully saturated rings. The van der Waals surface area contributed by atoms with Crippen LogP contribution in [0.25, 0.3) is 0 Å². The van der Waals surface area contributed by atoms with E-state index in [-0.39, 0.29) is 18.0 Å². The number of halogens is 1. The number of nitrogens with one attached hydrogen (secondary N) is 2. The maximum absolute atomic E-state index is 11.9. The lowest BCUT2D eigenvalue weighted by Gasteiger charge is -2.17. The molecule has 2 aromatic rings. The summed E-state index contributed by atoms with van der Waals surface area (Å²) in [6.45, 7) is 0.652. The first-order valence-corrected chi connectivity index (χ1v) is 7.96. The zero-order valence-electron chi connectivity index (χ0n) is 12.6. The molecule has 1 aliphatic rings. The fourth-order valence-corrected chi connectivity index (χ4v) is 2.81. The first-order chi connectivity index (χ1) is 11.1. The highest BCUT2D eigenvalue weighted by Gasteiger charge is 2.44. The molecule has 2 amide bonds. The van der Waals surface area contributed by atoms with Crippen molar-refractivity contribution in [2.24, 2.45) is 0 Å². The van der Waals surface area contributed by atoms with Crippen molar-refractivity contribution < 1.29 is 14.3 Å². The normalized spacial score (nSPS) is 16.6. The first kappa shape index (κ1) is 15.9. The van der Waals surface area contributed by atoms with Gasteiger partial charge in [0.2, 0.25) is 0 Å². The standard InChI is InChI=1S/C17H19ClN2O3/c18-13-4-1-3-12(9-13)17(6-7-17)11-20-16(22)19-10-14(21)15-5-2-8-23-15/h1-5,8-9,14,21H,6-7,10-11H2,(H2,19,20,22). The van der Waals surface area contributed by atoms with Crippen molar-refractivity contribution in [3.63, 3.8) is 0 Å². The summed E-state index contributed by atoms with van der Waals surface area (Å²) in [5.41, 5.74) is 1.14. The highest BCUT2D eigenvalue weighted by atomic mass is 35.5. The van der Waals surface area contributed by atoms with Crippen molar-refractivity contribution in [1.82, 2.24) is 10.6 Å². The van der Waals surface area contributed by atoms with E-state index >= 15 is 0 Å². The highest BCUT2D eigenvalue weighted by Crippen LogP contribution is 2.48. The lowest BCUT2D eigenvalue weighted by molar-refractivity contribution is 0.148. The number of carbonyl (C=O) groups excluding carboxylic acids is 1. The van der Waals surface area contributed by atoms with E-state index in [1.165, 1.54) is 6.26 Å². The van der Waals surface area contributed by atoms with E-state index in [0.717, 1.165) is 18.4 Å². The number of urea groups is 1. The molecule has 5 nitrogen and oxygen atoms in total. The van der Waals surface area contributed by atoms with Crippen molar-refractivity contribution in [2.45, 2.75) is 24.4 Å². The van der Waals surface area contributed by atoms with Gasteiger partial charge >= 0.3 is 6.03 Å². The number of carbonyl (C=O) groups is 1. The number of aliphatic hydroxyl groups excluding tert-OH is 1. The summed E-state index contributed by atoms with van der Waals surface area (Å²) in [7, 11) is 0. The molecule has 23 heavy (non-hydrogen) atoms. The molecule has 0 aliphatic heterocycles. The van der Waals surface area contributed by atoms with Gasteiger partial charge < -0.3 is 20.2 Å². The van der Waals surface area contributed by atoms with E-state index in [1.54, 1.807) is 12.1 Å². The summed E-state index contributed by atoms with van der Waals surface area (Å²) in [6.07, 6.45) is 2.70. The van der Waals surface area contributed by atoms with E-state index < -0.39 is 6.10 Å². The van der Waals surface area contributed by atoms with Gasteiger partial charge in [-0.05, 0) is 42.7 Å². The number of aliphatic hydroxyl groups is 1. The molecule has 1 aliphatic carbocycles. The van der Waals surface area contributed by atoms with Gasteiger partial charge in [0.1, 0.15) is 11.9 Å². The number of hydrogen-bond acceptors (Lipinski definition) is 3. The molecule has 1 aromatic heterocycles. The Kier molecular flexibility index (Phi) is 4.59. The molecule has 1 unspecified atom stereocenters. The van der Waals surface area contributed by atoms with Gasteiger partial charge in [0.15, 0.2) is 0 Å². The second kappa shape index (κ2) is 6.64. The van der Waals surface area contributed by atoms with Crippen molar-refractivity contribution >= 4 is 17.6 Å². The molecule has 0 bridgehead atoms. The smallest absolute Gasteiger partial charge is 0.314 e. The van der Waals surface area contributed by atoms with E-state index in [0.29, 0.717) is 17.3 Å². The number of hydrogen-bond donors (Lipinski definition) is 3. The molecule has 0 spiro atoms. The Hall–Kier alpha value is -1.98. The van der Waals surface area contributed by atoms with Crippen LogP contribution in [0, 0.1) is 0 Å². The molecule has 1 saturated carbocycles. The van der Waals surface area contributed by atoms with Crippen LogP contribution >= 0.6 is 11.6 Å². The Balaban J connectivity index is 1.47. The predicted molar refractivity (Wildman–Crippen MR) is 87.4 cm³/mol. The minimum absolute atomic E-state index is 0.0120. The zero-order chi connectivity index (χ0) is 16.3. The number of rotatable bonds is 6. The predicted octanol–water partition coefficient (Wildman–Crippen LogP) is 3.00. The van der Waals surface area contributed by atoms with Gasteiger partial charge in [0, 0.05) is 17.0 Å². The molecule has 122 valence electrons. The average Bonchev–Trinajstić information content (AvgIpc) is 3.14. The summed E-state index contributed by atoms with van der Waals surface area (Å²) < 4.78 is 5.09. The lowest BCUT2D eigenvalue weighted by atomic mass is 9.96. The molecule has 1 atom stereocenters. The van der Waals surface area contributed by atoms with Crippen LogP contribution in [0.2, 0.25) is 5.02 Å². The van der Waals surface area contributed by atoms with Gasteiger partial charge in [-0.3, -0.25) is 0 Å². The van der Waals surface area contributed by atoms with Crippen LogP contribution in [0.3, 0.4) is 0 Å². The number of amides is 2. The minimum Gasteiger partial charge on any atom is -0.467 e. The van der Waals surface area contributed by atoms with Crippen LogP contribution in [0.5, 0.6) is 0 Å². The van der Waals surface area contributed by atoms with E-state index in [1.807, 2.05) is 24.3 Å². The molecule has 0 radical (unpaired) electrons. The van der Waals surface area contributed by atoms with Gasteiger partial charge in [-0.2, -0.15) is 0 Å². The first-order valence-electron chi connectivity index (χ1n) is 7.58. The Morgan fingerprint density at radius 1 is 1.30 bits per heavy atom. The van der Waals surface area contributed by atoms with Crippen LogP contribution in [0.1, 0.15) is 30.3 Å². The average molecular weight is 335 g/mol. The molecular weight excluding hydrogens is 316 g/mol. The maximum Gasteiger partial charge on any atom is 0.314 e. The second-order valence-corrected chi connectivity index (χ2v) is 6.32. The summed E-state index contributed by atoms with van der Waals surface area (Å²) in [5, 5.41) is 16.1. The SMILES string of the molecule is O=C(NCC(O)c1ccco1)NCC1(c2cccc(Cl)c2)CC1. The Morgan fingerprint density at radius 3 is 2.78 bits per heavy atom. The van der Waals surface area contributed by atoms with Crippen molar-refractivity contribution in [3.05, 3.63) is 59.0 Å². The Morgan fingerprint density at radius 2 is 2.13 bits per heavy atom. The summed E-state index contributed by atoms with van der Waals surface area (Å²) in [4.78, 5) is 11.9. The van der Waals surface area contributed by atoms with Crippen LogP contribution in [0.15, 0.2) is 47.1 Å². The van der Waals surface area contributed by atoms with Crippen molar-refractivity contribution in [3.8, 4) is 0 Å². The quantitative estimate of drug-likeness (QED) is 0.760. The van der Waals surface area contributed by atoms with Crippen LogP contribution in [0.4, 0.5) is 4.79 Å². The Bertz CT molecular complexity index is 668. The zero-order valence-corrected chi connectivity index (χ0v) is 13.3. The van der Waals surface area contributed by atoms with Crippen molar-refractivity contribution in [2.75, 3.05) is 13.1 Å². The topological polar surface area (TPSA) is 74.5 Å². The molecule has 3 N–H and O–H groups in total. The third-order valence-electron chi connectivity index (χ3n) is 4.21. The van der Waals surface area contributed by atoms with Crippen LogP contribution in [-0.4, -0.2) is 24.2 Å². The van der Waals surface area contributed by atoms with E-state index in [2.05, 4.69) is 10.6 Å². The number of furan rings is 1. The molecule has 6 heteroatoms. The van der Waals surface area contributed by atoms with Gasteiger partial charge in [0.05, 0.1) is 12.8 Å². The van der Waals surface area contributed by atoms with E-state index in [4.69, 9.17) is 16.0 Å². The monoisotopic (exact) mass is 334 g/mol. The third kappa shape index (κ3) is 3.86. The lowest BCUT2D eigenvalue weighted by Crippen LogP contribution is -2.41. The largest absolute Gasteiger partial charge is 0.467 e. The molecule has 0 saturated heterocycles. The second-order valence-electron chi connectivity index (χ2n) is 5.89. The summed E-state index contributed by atoms with van der Waals surface area (Å²) >= 11 is 6.04. The van der Waals surface area contributed by atoms with Crippen molar-refractivity contribution in [1.29, 1.82) is 0 Å². The fraction of sp³-hybridized carbons (Fsp3) is 0.353. The minimum atomic E-state index is -0.849. The Labute approximate surface area is 139 Å². The summed E-state index contributed by atoms with van der Waals surface area (Å²) in [5.74, 6) is 0.433. The van der Waals surface area contributed by atoms with Gasteiger partial charge in [-0.15, -0.1) is 0 Å². The van der Waals surface area contributed by atoms with Crippen LogP contribution in [-0.2, 0) is 5.41 Å². The molecule has 1 heterocycles. The fourth-order valence-electron chi connectivity index (χ4n) is 2.62. The molecular formula is C17H19ClN2O3.